The molecule has 0 unspecified atom stereocenters. The van der Waals surface area contributed by atoms with Gasteiger partial charge in [-0.1, -0.05) is 18.5 Å². The maximum atomic E-state index is 12.8. The first-order chi connectivity index (χ1) is 11.0. The molecule has 2 amide bonds. The molecule has 2 rings (SSSR count). The third-order valence-electron chi connectivity index (χ3n) is 3.74. The number of ether oxygens (including phenoxy) is 1. The van der Waals surface area contributed by atoms with Gasteiger partial charge in [0.1, 0.15) is 0 Å². The summed E-state index contributed by atoms with van der Waals surface area (Å²) in [6, 6.07) is 4.95. The first kappa shape index (κ1) is 17.8. The van der Waals surface area contributed by atoms with Crippen molar-refractivity contribution < 1.29 is 14.3 Å². The second-order valence-corrected chi connectivity index (χ2v) is 6.17. The van der Waals surface area contributed by atoms with Gasteiger partial charge in [0.2, 0.25) is 5.91 Å². The van der Waals surface area contributed by atoms with Gasteiger partial charge in [-0.05, 0) is 37.5 Å². The molecule has 1 heterocycles. The van der Waals surface area contributed by atoms with Crippen LogP contribution in [0, 0.1) is 0 Å². The maximum Gasteiger partial charge on any atom is 0.255 e. The zero-order valence-corrected chi connectivity index (χ0v) is 14.4. The summed E-state index contributed by atoms with van der Waals surface area (Å²) in [5.74, 6) is -0.302. The van der Waals surface area contributed by atoms with E-state index in [0.29, 0.717) is 36.0 Å². The lowest BCUT2D eigenvalue weighted by Crippen LogP contribution is -2.43. The molecule has 1 aliphatic heterocycles. The fourth-order valence-electron chi connectivity index (χ4n) is 2.68. The Balaban J connectivity index is 2.11. The first-order valence-corrected chi connectivity index (χ1v) is 8.37. The minimum atomic E-state index is -0.184. The largest absolute Gasteiger partial charge is 0.376 e. The molecule has 0 saturated carbocycles. The van der Waals surface area contributed by atoms with Crippen LogP contribution >= 0.6 is 11.6 Å². The second kappa shape index (κ2) is 8.31. The highest BCUT2D eigenvalue weighted by molar-refractivity contribution is 6.34. The molecule has 1 aliphatic rings. The molecule has 23 heavy (non-hydrogen) atoms. The van der Waals surface area contributed by atoms with Crippen molar-refractivity contribution in [2.24, 2.45) is 0 Å². The average molecular weight is 339 g/mol. The van der Waals surface area contributed by atoms with E-state index >= 15 is 0 Å². The Hall–Kier alpha value is -1.59. The van der Waals surface area contributed by atoms with Crippen LogP contribution in [-0.2, 0) is 9.53 Å². The van der Waals surface area contributed by atoms with Gasteiger partial charge in [0, 0.05) is 32.3 Å². The molecule has 6 heteroatoms. The zero-order valence-electron chi connectivity index (χ0n) is 13.6. The zero-order chi connectivity index (χ0) is 16.8. The molecular formula is C17H23ClN2O3. The Morgan fingerprint density at radius 3 is 2.91 bits per heavy atom. The molecule has 0 bridgehead atoms. The number of piperidine rings is 1. The Kier molecular flexibility index (Phi) is 6.42. The van der Waals surface area contributed by atoms with Gasteiger partial charge in [-0.15, -0.1) is 0 Å². The van der Waals surface area contributed by atoms with Crippen LogP contribution < -0.4 is 5.32 Å². The number of benzene rings is 1. The monoisotopic (exact) mass is 338 g/mol. The Morgan fingerprint density at radius 2 is 2.22 bits per heavy atom. The molecule has 0 spiro atoms. The Labute approximate surface area is 141 Å². The van der Waals surface area contributed by atoms with E-state index in [1.807, 2.05) is 0 Å². The summed E-state index contributed by atoms with van der Waals surface area (Å²) in [4.78, 5) is 25.7. The molecule has 1 fully saturated rings. The molecular weight excluding hydrogens is 316 g/mol. The van der Waals surface area contributed by atoms with Crippen molar-refractivity contribution in [3.63, 3.8) is 0 Å². The van der Waals surface area contributed by atoms with Gasteiger partial charge in [-0.2, -0.15) is 0 Å². The third kappa shape index (κ3) is 4.94. The molecule has 1 N–H and O–H groups in total. The van der Waals surface area contributed by atoms with Gasteiger partial charge in [0.05, 0.1) is 16.7 Å². The van der Waals surface area contributed by atoms with E-state index in [4.69, 9.17) is 16.3 Å². The number of hydrogen-bond donors (Lipinski definition) is 1. The lowest BCUT2D eigenvalue weighted by Gasteiger charge is -2.33. The van der Waals surface area contributed by atoms with Crippen molar-refractivity contribution >= 4 is 29.1 Å². The molecule has 1 aromatic carbocycles. The predicted molar refractivity (Wildman–Crippen MR) is 90.9 cm³/mol. The van der Waals surface area contributed by atoms with Crippen LogP contribution in [0.3, 0.4) is 0 Å². The minimum absolute atomic E-state index is 0.0879. The summed E-state index contributed by atoms with van der Waals surface area (Å²) in [6.07, 6.45) is 2.95. The van der Waals surface area contributed by atoms with Crippen molar-refractivity contribution in [3.05, 3.63) is 28.8 Å². The van der Waals surface area contributed by atoms with E-state index in [1.54, 1.807) is 23.1 Å². The number of nitrogens with zero attached hydrogens (tertiary/aromatic N) is 1. The van der Waals surface area contributed by atoms with Crippen LogP contribution in [-0.4, -0.2) is 42.5 Å². The van der Waals surface area contributed by atoms with Crippen molar-refractivity contribution in [3.8, 4) is 0 Å². The number of halogens is 1. The fourth-order valence-corrected chi connectivity index (χ4v) is 2.88. The average Bonchev–Trinajstić information content (AvgIpc) is 2.54. The molecule has 1 saturated heterocycles. The van der Waals surface area contributed by atoms with Crippen molar-refractivity contribution in [2.45, 2.75) is 39.2 Å². The normalized spacial score (nSPS) is 17.9. The number of likely N-dealkylation sites (tertiary alicyclic amines) is 1. The number of rotatable bonds is 5. The van der Waals surface area contributed by atoms with Crippen molar-refractivity contribution in [1.82, 2.24) is 4.90 Å². The predicted octanol–water partition coefficient (Wildman–Crippen LogP) is 3.33. The highest BCUT2D eigenvalue weighted by Gasteiger charge is 2.26. The van der Waals surface area contributed by atoms with Crippen LogP contribution in [0.2, 0.25) is 5.02 Å². The molecule has 0 aromatic heterocycles. The van der Waals surface area contributed by atoms with Crippen LogP contribution in [0.25, 0.3) is 0 Å². The molecule has 0 aliphatic carbocycles. The number of carbonyl (C=O) groups excluding carboxylic acids is 2. The number of amides is 2. The van der Waals surface area contributed by atoms with E-state index in [9.17, 15) is 9.59 Å². The molecule has 1 aromatic rings. The molecule has 0 radical (unpaired) electrons. The highest BCUT2D eigenvalue weighted by atomic mass is 35.5. The minimum Gasteiger partial charge on any atom is -0.376 e. The van der Waals surface area contributed by atoms with Gasteiger partial charge >= 0.3 is 0 Å². The summed E-state index contributed by atoms with van der Waals surface area (Å²) < 4.78 is 5.77. The maximum absolute atomic E-state index is 12.8. The SMILES string of the molecule is CCCO[C@H]1CCCN(C(=O)c2cc(NC(C)=O)ccc2Cl)C1. The lowest BCUT2D eigenvalue weighted by atomic mass is 10.1. The van der Waals surface area contributed by atoms with E-state index in [-0.39, 0.29) is 17.9 Å². The summed E-state index contributed by atoms with van der Waals surface area (Å²) in [6.45, 7) is 5.49. The number of nitrogens with one attached hydrogen (secondary N) is 1. The summed E-state index contributed by atoms with van der Waals surface area (Å²) in [5.41, 5.74) is 0.982. The number of hydrogen-bond acceptors (Lipinski definition) is 3. The lowest BCUT2D eigenvalue weighted by molar-refractivity contribution is -0.114. The molecule has 1 atom stereocenters. The van der Waals surface area contributed by atoms with E-state index in [1.165, 1.54) is 6.92 Å². The number of carbonyl (C=O) groups is 2. The van der Waals surface area contributed by atoms with Crippen molar-refractivity contribution in [1.29, 1.82) is 0 Å². The topological polar surface area (TPSA) is 58.6 Å². The summed E-state index contributed by atoms with van der Waals surface area (Å²) in [7, 11) is 0. The van der Waals surface area contributed by atoms with Crippen LogP contribution in [0.1, 0.15) is 43.5 Å². The summed E-state index contributed by atoms with van der Waals surface area (Å²) in [5, 5.41) is 3.06. The quantitative estimate of drug-likeness (QED) is 0.895. The smallest absolute Gasteiger partial charge is 0.255 e. The Bertz CT molecular complexity index is 577. The van der Waals surface area contributed by atoms with E-state index in [2.05, 4.69) is 12.2 Å². The third-order valence-corrected chi connectivity index (χ3v) is 4.07. The fraction of sp³-hybridized carbons (Fsp3) is 0.529. The standard InChI is InChI=1S/C17H23ClN2O3/c1-3-9-23-14-5-4-8-20(11-14)17(22)15-10-13(19-12(2)21)6-7-16(15)18/h6-7,10,14H,3-5,8-9,11H2,1-2H3,(H,19,21)/t14-/m0/s1. The van der Waals surface area contributed by atoms with Gasteiger partial charge < -0.3 is 15.0 Å². The second-order valence-electron chi connectivity index (χ2n) is 5.76. The van der Waals surface area contributed by atoms with Crippen LogP contribution in [0.15, 0.2) is 18.2 Å². The van der Waals surface area contributed by atoms with Crippen LogP contribution in [0.4, 0.5) is 5.69 Å². The highest BCUT2D eigenvalue weighted by Crippen LogP contribution is 2.24. The molecule has 5 nitrogen and oxygen atoms in total. The summed E-state index contributed by atoms with van der Waals surface area (Å²) >= 11 is 6.18. The first-order valence-electron chi connectivity index (χ1n) is 7.99. The Morgan fingerprint density at radius 1 is 1.43 bits per heavy atom. The van der Waals surface area contributed by atoms with Crippen LogP contribution in [0.5, 0.6) is 0 Å². The van der Waals surface area contributed by atoms with Crippen molar-refractivity contribution in [2.75, 3.05) is 25.0 Å². The molecule has 126 valence electrons. The van der Waals surface area contributed by atoms with Gasteiger partial charge in [-0.3, -0.25) is 9.59 Å². The van der Waals surface area contributed by atoms with Gasteiger partial charge in [-0.25, -0.2) is 0 Å². The van der Waals surface area contributed by atoms with Gasteiger partial charge in [0.15, 0.2) is 0 Å². The van der Waals surface area contributed by atoms with E-state index in [0.717, 1.165) is 19.3 Å². The van der Waals surface area contributed by atoms with Gasteiger partial charge in [0.25, 0.3) is 5.91 Å². The number of anilines is 1. The van der Waals surface area contributed by atoms with E-state index < -0.39 is 0 Å².